The van der Waals surface area contributed by atoms with E-state index in [0.717, 1.165) is 0 Å². The number of nitrogens with zero attached hydrogens (tertiary/aromatic N) is 1. The molecule has 7 heteroatoms. The van der Waals surface area contributed by atoms with Crippen molar-refractivity contribution in [3.05, 3.63) is 26.7 Å². The normalized spacial score (nSPS) is 17.3. The van der Waals surface area contributed by atoms with Crippen molar-refractivity contribution in [3.63, 3.8) is 0 Å². The maximum absolute atomic E-state index is 12.4. The molecular weight excluding hydrogens is 367 g/mol. The number of carbonyl (C=O) groups is 1. The molecule has 0 radical (unpaired) electrons. The molecule has 1 aromatic rings. The number of rotatable bonds is 2. The van der Waals surface area contributed by atoms with Crippen LogP contribution in [-0.2, 0) is 9.53 Å². The van der Waals surface area contributed by atoms with Crippen molar-refractivity contribution in [1.29, 1.82) is 5.26 Å². The summed E-state index contributed by atoms with van der Waals surface area (Å²) in [4.78, 5) is 12.4. The zero-order valence-corrected chi connectivity index (χ0v) is 13.5. The van der Waals surface area contributed by atoms with Gasteiger partial charge in [0.15, 0.2) is 0 Å². The third kappa shape index (κ3) is 2.94. The zero-order valence-electron chi connectivity index (χ0n) is 10.4. The number of hydrogen-bond donors (Lipinski definition) is 1. The molecule has 1 fully saturated rings. The highest BCUT2D eigenvalue weighted by molar-refractivity contribution is 9.10. The standard InChI is InChI=1S/C13H11BrCl2N2O2/c14-8-1-2-9(11(16)10(8)15)18-12(19)13(7-17)3-5-20-6-4-13/h1-2H,3-6H2,(H,18,19). The summed E-state index contributed by atoms with van der Waals surface area (Å²) in [6.45, 7) is 0.797. The second-order valence-corrected chi connectivity index (χ2v) is 6.09. The van der Waals surface area contributed by atoms with Crippen LogP contribution in [0.2, 0.25) is 10.0 Å². The van der Waals surface area contributed by atoms with E-state index in [4.69, 9.17) is 27.9 Å². The molecule has 2 rings (SSSR count). The van der Waals surface area contributed by atoms with Crippen LogP contribution < -0.4 is 5.32 Å². The summed E-state index contributed by atoms with van der Waals surface area (Å²) in [5.74, 6) is -0.372. The van der Waals surface area contributed by atoms with Gasteiger partial charge in [-0.2, -0.15) is 5.26 Å². The third-order valence-corrected chi connectivity index (χ3v) is 5.05. The van der Waals surface area contributed by atoms with E-state index in [1.54, 1.807) is 12.1 Å². The topological polar surface area (TPSA) is 62.1 Å². The summed E-state index contributed by atoms with van der Waals surface area (Å²) in [6, 6.07) is 5.43. The second-order valence-electron chi connectivity index (χ2n) is 4.48. The van der Waals surface area contributed by atoms with Gasteiger partial charge in [-0.15, -0.1) is 0 Å². The quantitative estimate of drug-likeness (QED) is 0.792. The maximum Gasteiger partial charge on any atom is 0.245 e. The average Bonchev–Trinajstić information content (AvgIpc) is 2.48. The van der Waals surface area contributed by atoms with Crippen molar-refractivity contribution in [1.82, 2.24) is 0 Å². The third-order valence-electron chi connectivity index (χ3n) is 3.28. The second kappa shape index (κ2) is 6.31. The molecule has 0 aromatic heterocycles. The van der Waals surface area contributed by atoms with E-state index in [9.17, 15) is 10.1 Å². The molecule has 0 spiro atoms. The Morgan fingerprint density at radius 2 is 2.00 bits per heavy atom. The van der Waals surface area contributed by atoms with Crippen LogP contribution in [0.4, 0.5) is 5.69 Å². The fraction of sp³-hybridized carbons (Fsp3) is 0.385. The molecule has 1 N–H and O–H groups in total. The fourth-order valence-corrected chi connectivity index (χ4v) is 2.80. The molecule has 0 aliphatic carbocycles. The van der Waals surface area contributed by atoms with E-state index in [0.29, 0.717) is 41.2 Å². The highest BCUT2D eigenvalue weighted by atomic mass is 79.9. The monoisotopic (exact) mass is 376 g/mol. The lowest BCUT2D eigenvalue weighted by Crippen LogP contribution is -2.40. The van der Waals surface area contributed by atoms with Crippen LogP contribution in [0.25, 0.3) is 0 Å². The molecule has 0 saturated carbocycles. The van der Waals surface area contributed by atoms with E-state index >= 15 is 0 Å². The van der Waals surface area contributed by atoms with Gasteiger partial charge in [0.05, 0.1) is 21.8 Å². The summed E-state index contributed by atoms with van der Waals surface area (Å²) >= 11 is 15.3. The van der Waals surface area contributed by atoms with E-state index in [2.05, 4.69) is 27.3 Å². The van der Waals surface area contributed by atoms with Crippen molar-refractivity contribution < 1.29 is 9.53 Å². The minimum Gasteiger partial charge on any atom is -0.381 e. The lowest BCUT2D eigenvalue weighted by atomic mass is 9.81. The molecule has 1 saturated heterocycles. The SMILES string of the molecule is N#CC1(C(=O)Nc2ccc(Br)c(Cl)c2Cl)CCOCC1. The van der Waals surface area contributed by atoms with Gasteiger partial charge in [-0.1, -0.05) is 23.2 Å². The Hall–Kier alpha value is -0.800. The predicted molar refractivity (Wildman–Crippen MR) is 80.9 cm³/mol. The molecule has 20 heavy (non-hydrogen) atoms. The molecule has 1 aliphatic heterocycles. The lowest BCUT2D eigenvalue weighted by Gasteiger charge is -2.29. The number of nitrogens with one attached hydrogen (secondary N) is 1. The first kappa shape index (κ1) is 15.6. The van der Waals surface area contributed by atoms with Gasteiger partial charge >= 0.3 is 0 Å². The number of amides is 1. The Bertz CT molecular complexity index is 580. The molecule has 1 heterocycles. The summed E-state index contributed by atoms with van der Waals surface area (Å²) < 4.78 is 5.84. The van der Waals surface area contributed by atoms with Gasteiger partial charge in [0.25, 0.3) is 0 Å². The average molecular weight is 378 g/mol. The van der Waals surface area contributed by atoms with E-state index < -0.39 is 5.41 Å². The first-order valence-electron chi connectivity index (χ1n) is 5.94. The van der Waals surface area contributed by atoms with Crippen molar-refractivity contribution in [2.24, 2.45) is 5.41 Å². The largest absolute Gasteiger partial charge is 0.381 e. The summed E-state index contributed by atoms with van der Waals surface area (Å²) in [6.07, 6.45) is 0.744. The molecule has 0 bridgehead atoms. The first-order chi connectivity index (χ1) is 9.50. The highest BCUT2D eigenvalue weighted by Gasteiger charge is 2.40. The Kier molecular flexibility index (Phi) is 4.92. The number of halogens is 3. The van der Waals surface area contributed by atoms with Crippen molar-refractivity contribution in [2.45, 2.75) is 12.8 Å². The van der Waals surface area contributed by atoms with Crippen molar-refractivity contribution in [3.8, 4) is 6.07 Å². The smallest absolute Gasteiger partial charge is 0.245 e. The summed E-state index contributed by atoms with van der Waals surface area (Å²) in [5, 5.41) is 12.6. The Balaban J connectivity index is 2.24. The summed E-state index contributed by atoms with van der Waals surface area (Å²) in [7, 11) is 0. The van der Waals surface area contributed by atoms with Crippen LogP contribution in [0.5, 0.6) is 0 Å². The molecule has 1 aromatic carbocycles. The predicted octanol–water partition coefficient (Wildman–Crippen LogP) is 4.01. The van der Waals surface area contributed by atoms with E-state index in [1.807, 2.05) is 0 Å². The number of anilines is 1. The molecular formula is C13H11BrCl2N2O2. The van der Waals surface area contributed by atoms with Gasteiger partial charge in [-0.3, -0.25) is 4.79 Å². The minimum absolute atomic E-state index is 0.245. The van der Waals surface area contributed by atoms with Crippen molar-refractivity contribution >= 4 is 50.7 Å². The van der Waals surface area contributed by atoms with Crippen LogP contribution in [0.3, 0.4) is 0 Å². The maximum atomic E-state index is 12.4. The molecule has 0 unspecified atom stereocenters. The van der Waals surface area contributed by atoms with Gasteiger partial charge in [-0.05, 0) is 40.9 Å². The van der Waals surface area contributed by atoms with Gasteiger partial charge in [0.2, 0.25) is 5.91 Å². The molecule has 106 valence electrons. The molecule has 1 aliphatic rings. The first-order valence-corrected chi connectivity index (χ1v) is 7.49. The Labute approximate surface area is 135 Å². The minimum atomic E-state index is -1.07. The molecule has 0 atom stereocenters. The number of ether oxygens (including phenoxy) is 1. The van der Waals surface area contributed by atoms with Crippen LogP contribution in [0.1, 0.15) is 12.8 Å². The fourth-order valence-electron chi connectivity index (χ4n) is 1.97. The summed E-state index contributed by atoms with van der Waals surface area (Å²) in [5.41, 5.74) is -0.674. The van der Waals surface area contributed by atoms with Crippen LogP contribution in [-0.4, -0.2) is 19.1 Å². The Morgan fingerprint density at radius 1 is 1.35 bits per heavy atom. The number of benzene rings is 1. The van der Waals surface area contributed by atoms with Crippen LogP contribution in [0.15, 0.2) is 16.6 Å². The Morgan fingerprint density at radius 3 is 2.60 bits per heavy atom. The van der Waals surface area contributed by atoms with Gasteiger partial charge < -0.3 is 10.1 Å². The van der Waals surface area contributed by atoms with E-state index in [-0.39, 0.29) is 10.9 Å². The van der Waals surface area contributed by atoms with E-state index in [1.165, 1.54) is 0 Å². The zero-order chi connectivity index (χ0) is 14.8. The molecule has 1 amide bonds. The van der Waals surface area contributed by atoms with Gasteiger partial charge in [0.1, 0.15) is 5.41 Å². The number of carbonyl (C=O) groups excluding carboxylic acids is 1. The number of nitriles is 1. The number of hydrogen-bond acceptors (Lipinski definition) is 3. The van der Waals surface area contributed by atoms with Crippen LogP contribution in [0, 0.1) is 16.7 Å². The molecule has 4 nitrogen and oxygen atoms in total. The highest BCUT2D eigenvalue weighted by Crippen LogP contribution is 2.37. The van der Waals surface area contributed by atoms with Gasteiger partial charge in [0, 0.05) is 17.7 Å². The van der Waals surface area contributed by atoms with Gasteiger partial charge in [-0.25, -0.2) is 0 Å². The van der Waals surface area contributed by atoms with Crippen molar-refractivity contribution in [2.75, 3.05) is 18.5 Å². The van der Waals surface area contributed by atoms with Crippen LogP contribution >= 0.6 is 39.1 Å². The lowest BCUT2D eigenvalue weighted by molar-refractivity contribution is -0.126.